The predicted octanol–water partition coefficient (Wildman–Crippen LogP) is 3.67. The van der Waals surface area contributed by atoms with Crippen molar-refractivity contribution < 1.29 is 0 Å². The number of aryl methyl sites for hydroxylation is 1. The van der Waals surface area contributed by atoms with Gasteiger partial charge in [-0.25, -0.2) is 4.98 Å². The fraction of sp³-hybridized carbons (Fsp3) is 0.375. The van der Waals surface area contributed by atoms with Gasteiger partial charge in [-0.15, -0.1) is 11.8 Å². The first kappa shape index (κ1) is 14.9. The van der Waals surface area contributed by atoms with Gasteiger partial charge in [-0.3, -0.25) is 4.79 Å². The lowest BCUT2D eigenvalue weighted by atomic mass is 9.92. The van der Waals surface area contributed by atoms with E-state index < -0.39 is 0 Å². The summed E-state index contributed by atoms with van der Waals surface area (Å²) in [6.07, 6.45) is 0. The van der Waals surface area contributed by atoms with Crippen molar-refractivity contribution in [2.24, 2.45) is 0 Å². The number of rotatable bonds is 3. The van der Waals surface area contributed by atoms with E-state index in [1.54, 1.807) is 17.8 Å². The fourth-order valence-electron chi connectivity index (χ4n) is 1.75. The zero-order chi connectivity index (χ0) is 14.8. The highest BCUT2D eigenvalue weighted by Crippen LogP contribution is 2.23. The van der Waals surface area contributed by atoms with Crippen LogP contribution in [0.1, 0.15) is 37.9 Å². The predicted molar refractivity (Wildman–Crippen MR) is 84.3 cm³/mol. The summed E-state index contributed by atoms with van der Waals surface area (Å²) >= 11 is 1.68. The van der Waals surface area contributed by atoms with Crippen LogP contribution in [0.4, 0.5) is 0 Å². The van der Waals surface area contributed by atoms with Crippen molar-refractivity contribution in [3.05, 3.63) is 57.8 Å². The van der Waals surface area contributed by atoms with E-state index in [1.165, 1.54) is 10.5 Å². The van der Waals surface area contributed by atoms with Crippen molar-refractivity contribution in [3.63, 3.8) is 0 Å². The van der Waals surface area contributed by atoms with E-state index in [2.05, 4.69) is 61.9 Å². The topological polar surface area (TPSA) is 45.8 Å². The van der Waals surface area contributed by atoms with E-state index in [0.717, 1.165) is 11.5 Å². The number of nitrogens with one attached hydrogen (secondary N) is 1. The van der Waals surface area contributed by atoms with Gasteiger partial charge in [0.25, 0.3) is 5.56 Å². The van der Waals surface area contributed by atoms with Crippen molar-refractivity contribution in [1.29, 1.82) is 0 Å². The van der Waals surface area contributed by atoms with Crippen LogP contribution in [0.3, 0.4) is 0 Å². The van der Waals surface area contributed by atoms with Gasteiger partial charge in [-0.1, -0.05) is 38.5 Å². The third-order valence-electron chi connectivity index (χ3n) is 2.96. The Morgan fingerprint density at radius 3 is 2.45 bits per heavy atom. The van der Waals surface area contributed by atoms with Crippen LogP contribution in [0.5, 0.6) is 0 Å². The molecule has 0 unspecified atom stereocenters. The lowest BCUT2D eigenvalue weighted by Crippen LogP contribution is -2.20. The van der Waals surface area contributed by atoms with Crippen LogP contribution in [0.25, 0.3) is 0 Å². The zero-order valence-corrected chi connectivity index (χ0v) is 13.2. The van der Waals surface area contributed by atoms with Crippen LogP contribution < -0.4 is 5.56 Å². The Morgan fingerprint density at radius 2 is 1.85 bits per heavy atom. The van der Waals surface area contributed by atoms with Gasteiger partial charge in [0, 0.05) is 16.4 Å². The highest BCUT2D eigenvalue weighted by atomic mass is 32.2. The number of H-pyrrole nitrogens is 1. The van der Waals surface area contributed by atoms with E-state index in [-0.39, 0.29) is 11.0 Å². The van der Waals surface area contributed by atoms with Crippen molar-refractivity contribution in [3.8, 4) is 0 Å². The van der Waals surface area contributed by atoms with Crippen LogP contribution in [0, 0.1) is 6.92 Å². The molecule has 0 aliphatic rings. The maximum Gasteiger partial charge on any atom is 0.251 e. The molecule has 0 spiro atoms. The van der Waals surface area contributed by atoms with Gasteiger partial charge in [-0.05, 0) is 19.1 Å². The molecule has 1 heterocycles. The normalized spacial score (nSPS) is 11.6. The molecule has 0 radical (unpaired) electrons. The minimum absolute atomic E-state index is 0.0792. The third-order valence-corrected chi connectivity index (χ3v) is 3.98. The first-order valence-electron chi connectivity index (χ1n) is 6.65. The summed E-state index contributed by atoms with van der Waals surface area (Å²) in [4.78, 5) is 20.3. The lowest BCUT2D eigenvalue weighted by molar-refractivity contribution is 0.562. The molecule has 20 heavy (non-hydrogen) atoms. The molecule has 0 bridgehead atoms. The molecular weight excluding hydrogens is 268 g/mol. The Balaban J connectivity index is 2.15. The molecule has 0 amide bonds. The summed E-state index contributed by atoms with van der Waals surface area (Å²) in [5.74, 6) is 1.40. The molecule has 1 aromatic heterocycles. The SMILES string of the molecule is Cc1ccc(SCc2nc(C(C)(C)C)cc(=O)[nH]2)cc1. The quantitative estimate of drug-likeness (QED) is 0.877. The number of hydrogen-bond acceptors (Lipinski definition) is 3. The highest BCUT2D eigenvalue weighted by molar-refractivity contribution is 7.98. The molecule has 0 saturated heterocycles. The molecule has 2 aromatic rings. The molecule has 0 fully saturated rings. The molecule has 3 nitrogen and oxygen atoms in total. The van der Waals surface area contributed by atoms with E-state index in [1.807, 2.05) is 0 Å². The van der Waals surface area contributed by atoms with Crippen molar-refractivity contribution in [2.45, 2.75) is 43.8 Å². The lowest BCUT2D eigenvalue weighted by Gasteiger charge is -2.17. The molecule has 106 valence electrons. The Bertz CT molecular complexity index is 639. The van der Waals surface area contributed by atoms with Gasteiger partial charge in [-0.2, -0.15) is 0 Å². The van der Waals surface area contributed by atoms with Gasteiger partial charge in [0.2, 0.25) is 0 Å². The fourth-order valence-corrected chi connectivity index (χ4v) is 2.52. The van der Waals surface area contributed by atoms with E-state index in [4.69, 9.17) is 0 Å². The summed E-state index contributed by atoms with van der Waals surface area (Å²) in [6, 6.07) is 9.94. The van der Waals surface area contributed by atoms with Crippen LogP contribution >= 0.6 is 11.8 Å². The molecule has 0 saturated carbocycles. The number of aromatic amines is 1. The summed E-state index contributed by atoms with van der Waals surface area (Å²) in [7, 11) is 0. The van der Waals surface area contributed by atoms with Crippen molar-refractivity contribution in [1.82, 2.24) is 9.97 Å². The van der Waals surface area contributed by atoms with Gasteiger partial charge in [0.15, 0.2) is 0 Å². The zero-order valence-electron chi connectivity index (χ0n) is 12.4. The minimum Gasteiger partial charge on any atom is -0.310 e. The van der Waals surface area contributed by atoms with E-state index >= 15 is 0 Å². The molecular formula is C16H20N2OS. The van der Waals surface area contributed by atoms with E-state index in [0.29, 0.717) is 5.75 Å². The average molecular weight is 288 g/mol. The summed E-state index contributed by atoms with van der Waals surface area (Å²) in [5, 5.41) is 0. The van der Waals surface area contributed by atoms with Gasteiger partial charge >= 0.3 is 0 Å². The second kappa shape index (κ2) is 5.83. The maximum atomic E-state index is 11.7. The smallest absolute Gasteiger partial charge is 0.251 e. The number of aromatic nitrogens is 2. The highest BCUT2D eigenvalue weighted by Gasteiger charge is 2.17. The molecule has 0 aliphatic carbocycles. The van der Waals surface area contributed by atoms with E-state index in [9.17, 15) is 4.79 Å². The number of nitrogens with zero attached hydrogens (tertiary/aromatic N) is 1. The Hall–Kier alpha value is -1.55. The van der Waals surface area contributed by atoms with Crippen LogP contribution in [-0.2, 0) is 11.2 Å². The Kier molecular flexibility index (Phi) is 4.33. The van der Waals surface area contributed by atoms with Gasteiger partial charge in [0.1, 0.15) is 5.82 Å². The molecule has 1 aromatic carbocycles. The Morgan fingerprint density at radius 1 is 1.20 bits per heavy atom. The van der Waals surface area contributed by atoms with Crippen LogP contribution in [0.2, 0.25) is 0 Å². The average Bonchev–Trinajstić information content (AvgIpc) is 2.36. The second-order valence-electron chi connectivity index (χ2n) is 5.93. The molecule has 0 atom stereocenters. The standard InChI is InChI=1S/C16H20N2OS/c1-11-5-7-12(8-6-11)20-10-14-17-13(16(2,3)4)9-15(19)18-14/h5-9H,10H2,1-4H3,(H,17,18,19). The minimum atomic E-state index is -0.114. The van der Waals surface area contributed by atoms with Gasteiger partial charge in [0.05, 0.1) is 11.4 Å². The molecule has 2 rings (SSSR count). The largest absolute Gasteiger partial charge is 0.310 e. The first-order valence-corrected chi connectivity index (χ1v) is 7.63. The maximum absolute atomic E-state index is 11.7. The molecule has 4 heteroatoms. The molecule has 1 N–H and O–H groups in total. The number of benzene rings is 1. The molecule has 0 aliphatic heterocycles. The van der Waals surface area contributed by atoms with Crippen LogP contribution in [0.15, 0.2) is 40.0 Å². The summed E-state index contributed by atoms with van der Waals surface area (Å²) in [6.45, 7) is 8.25. The summed E-state index contributed by atoms with van der Waals surface area (Å²) < 4.78 is 0. The first-order chi connectivity index (χ1) is 9.34. The van der Waals surface area contributed by atoms with Crippen molar-refractivity contribution in [2.75, 3.05) is 0 Å². The van der Waals surface area contributed by atoms with Crippen LogP contribution in [-0.4, -0.2) is 9.97 Å². The van der Waals surface area contributed by atoms with Crippen molar-refractivity contribution >= 4 is 11.8 Å². The number of thioether (sulfide) groups is 1. The second-order valence-corrected chi connectivity index (χ2v) is 6.98. The summed E-state index contributed by atoms with van der Waals surface area (Å²) in [5.41, 5.74) is 1.89. The Labute approximate surface area is 123 Å². The third kappa shape index (κ3) is 3.97. The van der Waals surface area contributed by atoms with Gasteiger partial charge < -0.3 is 4.98 Å². The number of hydrogen-bond donors (Lipinski definition) is 1. The monoisotopic (exact) mass is 288 g/mol.